The molecule has 0 bridgehead atoms. The first kappa shape index (κ1) is 21.1. The number of aryl methyl sites for hydroxylation is 1. The highest BCUT2D eigenvalue weighted by atomic mass is 16.5. The molecule has 1 amide bonds. The zero-order valence-corrected chi connectivity index (χ0v) is 16.8. The van der Waals surface area contributed by atoms with Crippen LogP contribution in [0.2, 0.25) is 0 Å². The number of amides is 1. The van der Waals surface area contributed by atoms with E-state index in [4.69, 9.17) is 4.74 Å². The average Bonchev–Trinajstić information content (AvgIpc) is 2.86. The van der Waals surface area contributed by atoms with Gasteiger partial charge in [0.05, 0.1) is 6.54 Å². The summed E-state index contributed by atoms with van der Waals surface area (Å²) < 4.78 is 5.75. The van der Waals surface area contributed by atoms with Gasteiger partial charge in [-0.15, -0.1) is 0 Å². The third-order valence-corrected chi connectivity index (χ3v) is 4.52. The minimum Gasteiger partial charge on any atom is -0.492 e. The van der Waals surface area contributed by atoms with Crippen LogP contribution in [0.15, 0.2) is 29.3 Å². The Morgan fingerprint density at radius 1 is 1.26 bits per heavy atom. The summed E-state index contributed by atoms with van der Waals surface area (Å²) in [4.78, 5) is 18.6. The molecule has 2 N–H and O–H groups in total. The Kier molecular flexibility index (Phi) is 9.52. The van der Waals surface area contributed by atoms with Crippen LogP contribution in [0, 0.1) is 6.92 Å². The van der Waals surface area contributed by atoms with Crippen LogP contribution in [-0.2, 0) is 4.79 Å². The lowest BCUT2D eigenvalue weighted by atomic mass is 10.2. The lowest BCUT2D eigenvalue weighted by Gasteiger charge is -2.20. The second-order valence-corrected chi connectivity index (χ2v) is 6.90. The van der Waals surface area contributed by atoms with Crippen LogP contribution in [0.1, 0.15) is 44.6 Å². The molecule has 1 aliphatic heterocycles. The van der Waals surface area contributed by atoms with Gasteiger partial charge >= 0.3 is 0 Å². The van der Waals surface area contributed by atoms with Crippen molar-refractivity contribution < 1.29 is 9.53 Å². The molecule has 6 heteroatoms. The number of nitrogens with one attached hydrogen (secondary N) is 2. The van der Waals surface area contributed by atoms with Gasteiger partial charge in [0, 0.05) is 32.6 Å². The number of rotatable bonds is 9. The molecule has 1 saturated heterocycles. The van der Waals surface area contributed by atoms with Crippen molar-refractivity contribution in [2.45, 2.75) is 46.0 Å². The summed E-state index contributed by atoms with van der Waals surface area (Å²) in [6.45, 7) is 8.60. The summed E-state index contributed by atoms with van der Waals surface area (Å²) in [7, 11) is 0. The zero-order valence-electron chi connectivity index (χ0n) is 16.8. The maximum absolute atomic E-state index is 12.0. The Labute approximate surface area is 163 Å². The van der Waals surface area contributed by atoms with Gasteiger partial charge in [-0.1, -0.05) is 18.6 Å². The third-order valence-electron chi connectivity index (χ3n) is 4.52. The predicted molar refractivity (Wildman–Crippen MR) is 110 cm³/mol. The monoisotopic (exact) mass is 374 g/mol. The number of hydrogen-bond acceptors (Lipinski definition) is 3. The molecular weight excluding hydrogens is 340 g/mol. The van der Waals surface area contributed by atoms with E-state index in [1.165, 1.54) is 12.0 Å². The SMILES string of the molecule is CCNC(=NCCCN1CCCCCC1=O)NCCOc1cccc(C)c1. The summed E-state index contributed by atoms with van der Waals surface area (Å²) in [5.74, 6) is 1.99. The summed E-state index contributed by atoms with van der Waals surface area (Å²) >= 11 is 0. The first-order valence-corrected chi connectivity index (χ1v) is 10.2. The largest absolute Gasteiger partial charge is 0.492 e. The maximum atomic E-state index is 12.0. The Balaban J connectivity index is 1.67. The van der Waals surface area contributed by atoms with Gasteiger partial charge in [0.25, 0.3) is 0 Å². The molecule has 0 saturated carbocycles. The standard InChI is InChI=1S/C21H34N4O2/c1-3-22-21(24-13-16-27-19-10-7-9-18(2)17-19)23-12-8-15-25-14-6-4-5-11-20(25)26/h7,9-10,17H,3-6,8,11-16H2,1-2H3,(H2,22,23,24). The molecule has 1 heterocycles. The topological polar surface area (TPSA) is 66.0 Å². The van der Waals surface area contributed by atoms with E-state index in [1.54, 1.807) is 0 Å². The van der Waals surface area contributed by atoms with E-state index in [1.807, 2.05) is 23.1 Å². The molecule has 0 atom stereocenters. The van der Waals surface area contributed by atoms with Crippen LogP contribution in [0.3, 0.4) is 0 Å². The number of aliphatic imine (C=N–C) groups is 1. The molecule has 150 valence electrons. The van der Waals surface area contributed by atoms with Crippen LogP contribution in [0.25, 0.3) is 0 Å². The van der Waals surface area contributed by atoms with E-state index in [-0.39, 0.29) is 0 Å². The average molecular weight is 375 g/mol. The molecule has 1 aromatic rings. The van der Waals surface area contributed by atoms with E-state index in [2.05, 4.69) is 35.5 Å². The van der Waals surface area contributed by atoms with Gasteiger partial charge in [-0.3, -0.25) is 9.79 Å². The first-order chi connectivity index (χ1) is 13.2. The Morgan fingerprint density at radius 2 is 2.15 bits per heavy atom. The van der Waals surface area contributed by atoms with Crippen molar-refractivity contribution >= 4 is 11.9 Å². The van der Waals surface area contributed by atoms with E-state index in [9.17, 15) is 4.79 Å². The number of nitrogens with zero attached hydrogens (tertiary/aromatic N) is 2. The first-order valence-electron chi connectivity index (χ1n) is 10.2. The lowest BCUT2D eigenvalue weighted by molar-refractivity contribution is -0.130. The van der Waals surface area contributed by atoms with E-state index in [0.29, 0.717) is 32.0 Å². The molecule has 0 spiro atoms. The molecule has 0 unspecified atom stereocenters. The Morgan fingerprint density at radius 3 is 2.96 bits per heavy atom. The van der Waals surface area contributed by atoms with Crippen LogP contribution in [0.4, 0.5) is 0 Å². The van der Waals surface area contributed by atoms with Crippen molar-refractivity contribution in [3.63, 3.8) is 0 Å². The van der Waals surface area contributed by atoms with E-state index in [0.717, 1.165) is 50.6 Å². The number of carbonyl (C=O) groups excluding carboxylic acids is 1. The van der Waals surface area contributed by atoms with Gasteiger partial charge < -0.3 is 20.3 Å². The molecule has 2 rings (SSSR count). The normalized spacial score (nSPS) is 15.4. The van der Waals surface area contributed by atoms with Crippen molar-refractivity contribution in [1.82, 2.24) is 15.5 Å². The number of carbonyl (C=O) groups is 1. The fraction of sp³-hybridized carbons (Fsp3) is 0.619. The number of guanidine groups is 1. The quantitative estimate of drug-likeness (QED) is 0.396. The fourth-order valence-electron chi connectivity index (χ4n) is 3.11. The third kappa shape index (κ3) is 8.33. The van der Waals surface area contributed by atoms with Gasteiger partial charge in [0.2, 0.25) is 5.91 Å². The van der Waals surface area contributed by atoms with Crippen LogP contribution in [-0.4, -0.2) is 56.1 Å². The lowest BCUT2D eigenvalue weighted by Crippen LogP contribution is -2.39. The van der Waals surface area contributed by atoms with Crippen molar-refractivity contribution in [3.05, 3.63) is 29.8 Å². The number of benzene rings is 1. The minimum absolute atomic E-state index is 0.301. The van der Waals surface area contributed by atoms with Gasteiger partial charge in [-0.2, -0.15) is 0 Å². The fourth-order valence-corrected chi connectivity index (χ4v) is 3.11. The van der Waals surface area contributed by atoms with Gasteiger partial charge in [0.1, 0.15) is 12.4 Å². The molecule has 1 aliphatic rings. The second-order valence-electron chi connectivity index (χ2n) is 6.90. The highest BCUT2D eigenvalue weighted by Crippen LogP contribution is 2.12. The van der Waals surface area contributed by atoms with Crippen molar-refractivity contribution in [2.75, 3.05) is 39.3 Å². The minimum atomic E-state index is 0.301. The van der Waals surface area contributed by atoms with E-state index >= 15 is 0 Å². The molecule has 0 aliphatic carbocycles. The molecule has 1 aromatic carbocycles. The second kappa shape index (κ2) is 12.2. The maximum Gasteiger partial charge on any atom is 0.222 e. The number of likely N-dealkylation sites (tertiary alicyclic amines) is 1. The molecular formula is C21H34N4O2. The Bertz CT molecular complexity index is 604. The van der Waals surface area contributed by atoms with Crippen molar-refractivity contribution in [2.24, 2.45) is 4.99 Å². The summed E-state index contributed by atoms with van der Waals surface area (Å²) in [5, 5.41) is 6.55. The van der Waals surface area contributed by atoms with Gasteiger partial charge in [-0.25, -0.2) is 0 Å². The van der Waals surface area contributed by atoms with Crippen LogP contribution in [0.5, 0.6) is 5.75 Å². The summed E-state index contributed by atoms with van der Waals surface area (Å²) in [6.07, 6.45) is 4.92. The zero-order chi connectivity index (χ0) is 19.3. The predicted octanol–water partition coefficient (Wildman–Crippen LogP) is 2.72. The highest BCUT2D eigenvalue weighted by Gasteiger charge is 2.15. The molecule has 0 radical (unpaired) electrons. The number of ether oxygens (including phenoxy) is 1. The summed E-state index contributed by atoms with van der Waals surface area (Å²) in [6, 6.07) is 8.05. The highest BCUT2D eigenvalue weighted by molar-refractivity contribution is 5.79. The smallest absolute Gasteiger partial charge is 0.222 e. The van der Waals surface area contributed by atoms with Crippen LogP contribution < -0.4 is 15.4 Å². The number of hydrogen-bond donors (Lipinski definition) is 2. The van der Waals surface area contributed by atoms with Crippen LogP contribution >= 0.6 is 0 Å². The van der Waals surface area contributed by atoms with Gasteiger partial charge in [0.15, 0.2) is 5.96 Å². The van der Waals surface area contributed by atoms with Crippen molar-refractivity contribution in [3.8, 4) is 5.75 Å². The van der Waals surface area contributed by atoms with E-state index < -0.39 is 0 Å². The van der Waals surface area contributed by atoms with Gasteiger partial charge in [-0.05, 0) is 50.8 Å². The molecule has 6 nitrogen and oxygen atoms in total. The molecule has 0 aromatic heterocycles. The molecule has 1 fully saturated rings. The molecule has 27 heavy (non-hydrogen) atoms. The summed E-state index contributed by atoms with van der Waals surface area (Å²) in [5.41, 5.74) is 1.19. The Hall–Kier alpha value is -2.24. The van der Waals surface area contributed by atoms with Crippen molar-refractivity contribution in [1.29, 1.82) is 0 Å².